The Labute approximate surface area is 122 Å². The first kappa shape index (κ1) is 17.0. The Kier molecular flexibility index (Phi) is 7.59. The van der Waals surface area contributed by atoms with Crippen molar-refractivity contribution < 1.29 is 9.53 Å². The highest BCUT2D eigenvalue weighted by Gasteiger charge is 2.27. The second-order valence-electron chi connectivity index (χ2n) is 6.05. The summed E-state index contributed by atoms with van der Waals surface area (Å²) in [5.41, 5.74) is 3.78. The highest BCUT2D eigenvalue weighted by Crippen LogP contribution is 2.31. The Morgan fingerprint density at radius 2 is 2.20 bits per heavy atom. The van der Waals surface area contributed by atoms with Gasteiger partial charge in [0.05, 0.1) is 0 Å². The normalized spacial score (nSPS) is 24.9. The van der Waals surface area contributed by atoms with Gasteiger partial charge in [-0.25, -0.2) is 10.2 Å². The SMILES string of the molecule is COCCCNC(=O)NN=C1C[C@H](C)CC[C@H]1C(C)C. The number of amides is 2. The van der Waals surface area contributed by atoms with Crippen molar-refractivity contribution in [3.63, 3.8) is 0 Å². The summed E-state index contributed by atoms with van der Waals surface area (Å²) in [6.45, 7) is 7.95. The number of nitrogens with one attached hydrogen (secondary N) is 2. The Bertz CT molecular complexity index is 329. The van der Waals surface area contributed by atoms with Crippen molar-refractivity contribution in [1.29, 1.82) is 0 Å². The number of ether oxygens (including phenoxy) is 1. The van der Waals surface area contributed by atoms with Crippen LogP contribution in [0.5, 0.6) is 0 Å². The van der Waals surface area contributed by atoms with Crippen molar-refractivity contribution >= 4 is 11.7 Å². The van der Waals surface area contributed by atoms with Gasteiger partial charge in [-0.2, -0.15) is 5.10 Å². The maximum Gasteiger partial charge on any atom is 0.335 e. The summed E-state index contributed by atoms with van der Waals surface area (Å²) in [5.74, 6) is 1.74. The molecule has 0 spiro atoms. The predicted octanol–water partition coefficient (Wildman–Crippen LogP) is 2.77. The molecule has 0 unspecified atom stereocenters. The number of carbonyl (C=O) groups is 1. The smallest absolute Gasteiger partial charge is 0.335 e. The van der Waals surface area contributed by atoms with Crippen molar-refractivity contribution in [3.05, 3.63) is 0 Å². The fourth-order valence-electron chi connectivity index (χ4n) is 2.67. The fourth-order valence-corrected chi connectivity index (χ4v) is 2.67. The number of hydrogen-bond donors (Lipinski definition) is 2. The molecule has 116 valence electrons. The predicted molar refractivity (Wildman–Crippen MR) is 81.8 cm³/mol. The minimum Gasteiger partial charge on any atom is -0.385 e. The van der Waals surface area contributed by atoms with Gasteiger partial charge in [-0.15, -0.1) is 0 Å². The quantitative estimate of drug-likeness (QED) is 0.581. The van der Waals surface area contributed by atoms with E-state index in [-0.39, 0.29) is 6.03 Å². The summed E-state index contributed by atoms with van der Waals surface area (Å²) < 4.78 is 4.93. The largest absolute Gasteiger partial charge is 0.385 e. The summed E-state index contributed by atoms with van der Waals surface area (Å²) in [5, 5.41) is 7.13. The molecule has 1 saturated carbocycles. The molecule has 5 heteroatoms. The first-order valence-corrected chi connectivity index (χ1v) is 7.63. The van der Waals surface area contributed by atoms with Gasteiger partial charge in [0.15, 0.2) is 0 Å². The lowest BCUT2D eigenvalue weighted by atomic mass is 9.76. The lowest BCUT2D eigenvalue weighted by Crippen LogP contribution is -2.36. The average molecular weight is 283 g/mol. The molecule has 0 aliphatic heterocycles. The molecule has 1 aliphatic rings. The van der Waals surface area contributed by atoms with Gasteiger partial charge in [0.25, 0.3) is 0 Å². The van der Waals surface area contributed by atoms with Gasteiger partial charge in [0.2, 0.25) is 0 Å². The molecule has 0 heterocycles. The van der Waals surface area contributed by atoms with E-state index >= 15 is 0 Å². The van der Waals surface area contributed by atoms with Crippen LogP contribution >= 0.6 is 0 Å². The summed E-state index contributed by atoms with van der Waals surface area (Å²) in [4.78, 5) is 11.6. The van der Waals surface area contributed by atoms with E-state index in [4.69, 9.17) is 4.74 Å². The molecule has 0 bridgehead atoms. The molecule has 0 saturated heterocycles. The van der Waals surface area contributed by atoms with Crippen LogP contribution in [0, 0.1) is 17.8 Å². The molecule has 1 rings (SSSR count). The maximum atomic E-state index is 11.6. The zero-order valence-electron chi connectivity index (χ0n) is 13.2. The molecule has 0 aromatic rings. The lowest BCUT2D eigenvalue weighted by molar-refractivity contribution is 0.193. The van der Waals surface area contributed by atoms with E-state index in [9.17, 15) is 4.79 Å². The third kappa shape index (κ3) is 5.90. The molecule has 2 N–H and O–H groups in total. The molecule has 0 radical (unpaired) electrons. The topological polar surface area (TPSA) is 62.7 Å². The number of nitrogens with zero attached hydrogens (tertiary/aromatic N) is 1. The summed E-state index contributed by atoms with van der Waals surface area (Å²) >= 11 is 0. The molecule has 5 nitrogen and oxygen atoms in total. The Morgan fingerprint density at radius 1 is 1.45 bits per heavy atom. The van der Waals surface area contributed by atoms with Crippen LogP contribution in [0.4, 0.5) is 4.79 Å². The third-order valence-corrected chi connectivity index (χ3v) is 3.87. The molecule has 2 amide bonds. The molecule has 2 atom stereocenters. The second kappa shape index (κ2) is 8.95. The van der Waals surface area contributed by atoms with E-state index in [2.05, 4.69) is 36.6 Å². The van der Waals surface area contributed by atoms with Crippen LogP contribution in [0.2, 0.25) is 0 Å². The van der Waals surface area contributed by atoms with Gasteiger partial charge in [0.1, 0.15) is 0 Å². The molecule has 0 aromatic heterocycles. The first-order chi connectivity index (χ1) is 9.54. The number of carbonyl (C=O) groups excluding carboxylic acids is 1. The van der Waals surface area contributed by atoms with E-state index in [0.29, 0.717) is 30.9 Å². The van der Waals surface area contributed by atoms with E-state index in [0.717, 1.165) is 18.6 Å². The number of hydrogen-bond acceptors (Lipinski definition) is 3. The Hall–Kier alpha value is -1.10. The van der Waals surface area contributed by atoms with Crippen LogP contribution in [0.3, 0.4) is 0 Å². The number of urea groups is 1. The van der Waals surface area contributed by atoms with Crippen LogP contribution in [-0.4, -0.2) is 32.0 Å². The second-order valence-corrected chi connectivity index (χ2v) is 6.05. The molecule has 0 aromatic carbocycles. The molecule has 1 aliphatic carbocycles. The van der Waals surface area contributed by atoms with Crippen molar-refractivity contribution in [3.8, 4) is 0 Å². The van der Waals surface area contributed by atoms with Crippen LogP contribution < -0.4 is 10.7 Å². The zero-order chi connectivity index (χ0) is 15.0. The van der Waals surface area contributed by atoms with Crippen LogP contribution in [0.25, 0.3) is 0 Å². The van der Waals surface area contributed by atoms with E-state index < -0.39 is 0 Å². The van der Waals surface area contributed by atoms with Gasteiger partial charge in [-0.3, -0.25) is 0 Å². The molecule has 1 fully saturated rings. The minimum absolute atomic E-state index is 0.227. The molecule has 20 heavy (non-hydrogen) atoms. The van der Waals surface area contributed by atoms with Crippen LogP contribution in [0.15, 0.2) is 5.10 Å². The van der Waals surface area contributed by atoms with Gasteiger partial charge in [0, 0.05) is 31.9 Å². The van der Waals surface area contributed by atoms with Crippen molar-refractivity contribution in [2.75, 3.05) is 20.3 Å². The van der Waals surface area contributed by atoms with Gasteiger partial charge in [-0.05, 0) is 37.5 Å². The first-order valence-electron chi connectivity index (χ1n) is 7.63. The van der Waals surface area contributed by atoms with Crippen molar-refractivity contribution in [1.82, 2.24) is 10.7 Å². The highest BCUT2D eigenvalue weighted by atomic mass is 16.5. The Morgan fingerprint density at radius 3 is 2.85 bits per heavy atom. The lowest BCUT2D eigenvalue weighted by Gasteiger charge is -2.30. The zero-order valence-corrected chi connectivity index (χ0v) is 13.2. The van der Waals surface area contributed by atoms with Gasteiger partial charge < -0.3 is 10.1 Å². The van der Waals surface area contributed by atoms with Gasteiger partial charge >= 0.3 is 6.03 Å². The Balaban J connectivity index is 2.42. The molecular weight excluding hydrogens is 254 g/mol. The van der Waals surface area contributed by atoms with Crippen LogP contribution in [-0.2, 0) is 4.74 Å². The molecular formula is C15H29N3O2. The van der Waals surface area contributed by atoms with E-state index in [1.165, 1.54) is 12.8 Å². The summed E-state index contributed by atoms with van der Waals surface area (Å²) in [6, 6.07) is -0.227. The standard InChI is InChI=1S/C15H29N3O2/c1-11(2)13-7-6-12(3)10-14(13)17-18-15(19)16-8-5-9-20-4/h11-13H,5-10H2,1-4H3,(H2,16,18,19)/t12-,13+/m1/s1. The number of methoxy groups -OCH3 is 1. The summed E-state index contributed by atoms with van der Waals surface area (Å²) in [7, 11) is 1.66. The van der Waals surface area contributed by atoms with E-state index in [1.807, 2.05) is 0 Å². The maximum absolute atomic E-state index is 11.6. The number of hydrazone groups is 1. The average Bonchev–Trinajstić information content (AvgIpc) is 2.41. The monoisotopic (exact) mass is 283 g/mol. The van der Waals surface area contributed by atoms with Crippen LogP contribution in [0.1, 0.15) is 46.5 Å². The fraction of sp³-hybridized carbons (Fsp3) is 0.867. The van der Waals surface area contributed by atoms with Crippen molar-refractivity contribution in [2.24, 2.45) is 22.9 Å². The number of rotatable bonds is 6. The minimum atomic E-state index is -0.227. The van der Waals surface area contributed by atoms with E-state index in [1.54, 1.807) is 7.11 Å². The van der Waals surface area contributed by atoms with Gasteiger partial charge in [-0.1, -0.05) is 20.8 Å². The highest BCUT2D eigenvalue weighted by molar-refractivity contribution is 5.89. The van der Waals surface area contributed by atoms with Crippen molar-refractivity contribution in [2.45, 2.75) is 46.5 Å². The third-order valence-electron chi connectivity index (χ3n) is 3.87. The summed E-state index contributed by atoms with van der Waals surface area (Å²) in [6.07, 6.45) is 4.23.